The number of rotatable bonds is 3. The first kappa shape index (κ1) is 14.0. The number of piperazine rings is 1. The third-order valence-electron chi connectivity index (χ3n) is 3.04. The number of hydrogen-bond acceptors (Lipinski definition) is 6. The lowest BCUT2D eigenvalue weighted by molar-refractivity contribution is -0.156. The highest BCUT2D eigenvalue weighted by Gasteiger charge is 2.43. The summed E-state index contributed by atoms with van der Waals surface area (Å²) < 4.78 is 9.97. The summed E-state index contributed by atoms with van der Waals surface area (Å²) in [6.45, 7) is 4.31. The minimum Gasteiger partial charge on any atom is -0.465 e. The lowest BCUT2D eigenvalue weighted by atomic mass is 9.99. The fraction of sp³-hybridized carbons (Fsp3) is 0.500. The number of carbonyl (C=O) groups is 3. The minimum absolute atomic E-state index is 0.182. The van der Waals surface area contributed by atoms with Crippen molar-refractivity contribution < 1.29 is 23.6 Å². The average Bonchev–Trinajstić information content (AvgIpc) is 2.77. The summed E-state index contributed by atoms with van der Waals surface area (Å²) in [5.74, 6) is -0.764. The summed E-state index contributed by atoms with van der Waals surface area (Å²) in [5.41, 5.74) is -1.10. The molecule has 0 radical (unpaired) electrons. The molecule has 8 heteroatoms. The molecule has 2 heterocycles. The maximum absolute atomic E-state index is 12.1. The second kappa shape index (κ2) is 4.95. The molecule has 1 saturated heterocycles. The van der Waals surface area contributed by atoms with Crippen molar-refractivity contribution in [1.82, 2.24) is 15.4 Å². The highest BCUT2D eigenvalue weighted by Crippen LogP contribution is 2.18. The number of amides is 3. The van der Waals surface area contributed by atoms with Crippen molar-refractivity contribution >= 4 is 17.7 Å². The van der Waals surface area contributed by atoms with Gasteiger partial charge in [0, 0.05) is 6.07 Å². The second-order valence-corrected chi connectivity index (χ2v) is 4.98. The van der Waals surface area contributed by atoms with E-state index in [0.717, 1.165) is 0 Å². The van der Waals surface area contributed by atoms with Gasteiger partial charge in [0.05, 0.1) is 0 Å². The molecule has 0 saturated carbocycles. The van der Waals surface area contributed by atoms with Crippen molar-refractivity contribution in [2.24, 2.45) is 0 Å². The maximum Gasteiger partial charge on any atom is 0.261 e. The van der Waals surface area contributed by atoms with Gasteiger partial charge in [0.25, 0.3) is 17.7 Å². The zero-order valence-electron chi connectivity index (χ0n) is 11.4. The van der Waals surface area contributed by atoms with Gasteiger partial charge in [-0.1, -0.05) is 0 Å². The van der Waals surface area contributed by atoms with Crippen LogP contribution in [0.5, 0.6) is 5.88 Å². The first-order valence-corrected chi connectivity index (χ1v) is 6.01. The van der Waals surface area contributed by atoms with E-state index in [4.69, 9.17) is 9.26 Å². The van der Waals surface area contributed by atoms with Crippen molar-refractivity contribution in [3.8, 4) is 5.88 Å². The molecule has 1 aliphatic rings. The molecule has 20 heavy (non-hydrogen) atoms. The lowest BCUT2D eigenvalue weighted by Crippen LogP contribution is -2.66. The predicted molar refractivity (Wildman–Crippen MR) is 65.7 cm³/mol. The van der Waals surface area contributed by atoms with Crippen LogP contribution in [0.3, 0.4) is 0 Å². The molecule has 0 bridgehead atoms. The maximum atomic E-state index is 12.1. The summed E-state index contributed by atoms with van der Waals surface area (Å²) >= 11 is 0. The van der Waals surface area contributed by atoms with Crippen molar-refractivity contribution in [2.45, 2.75) is 26.3 Å². The third-order valence-corrected chi connectivity index (χ3v) is 3.04. The average molecular weight is 281 g/mol. The van der Waals surface area contributed by atoms with Gasteiger partial charge in [0.15, 0.2) is 6.61 Å². The first-order chi connectivity index (χ1) is 9.30. The van der Waals surface area contributed by atoms with Crippen molar-refractivity contribution in [1.29, 1.82) is 0 Å². The van der Waals surface area contributed by atoms with Crippen LogP contribution in [0.15, 0.2) is 10.6 Å². The van der Waals surface area contributed by atoms with E-state index in [1.807, 2.05) is 0 Å². The molecule has 1 aromatic heterocycles. The van der Waals surface area contributed by atoms with Gasteiger partial charge in [-0.2, -0.15) is 0 Å². The van der Waals surface area contributed by atoms with E-state index in [1.54, 1.807) is 20.8 Å². The number of aryl methyl sites for hydroxylation is 1. The Hall–Kier alpha value is -2.38. The van der Waals surface area contributed by atoms with Gasteiger partial charge in [-0.05, 0) is 25.9 Å². The van der Waals surface area contributed by atoms with Crippen LogP contribution in [-0.4, -0.2) is 46.5 Å². The monoisotopic (exact) mass is 281 g/mol. The molecule has 108 valence electrons. The molecule has 1 aromatic rings. The molecule has 2 rings (SSSR count). The van der Waals surface area contributed by atoms with Crippen LogP contribution in [-0.2, 0) is 14.4 Å². The third kappa shape index (κ3) is 2.63. The highest BCUT2D eigenvalue weighted by molar-refractivity contribution is 6.06. The molecular formula is C12H15N3O5. The number of aromatic nitrogens is 1. The van der Waals surface area contributed by atoms with Crippen molar-refractivity contribution in [3.05, 3.63) is 11.8 Å². The van der Waals surface area contributed by atoms with Gasteiger partial charge in [-0.15, -0.1) is 0 Å². The Morgan fingerprint density at radius 3 is 2.85 bits per heavy atom. The van der Waals surface area contributed by atoms with Crippen LogP contribution in [0.4, 0.5) is 0 Å². The summed E-state index contributed by atoms with van der Waals surface area (Å²) in [6, 6.07) is 1.53. The number of imide groups is 1. The van der Waals surface area contributed by atoms with Crippen molar-refractivity contribution in [2.75, 3.05) is 13.2 Å². The van der Waals surface area contributed by atoms with E-state index in [-0.39, 0.29) is 19.0 Å². The van der Waals surface area contributed by atoms with Gasteiger partial charge in [-0.25, -0.2) is 0 Å². The first-order valence-electron chi connectivity index (χ1n) is 6.01. The summed E-state index contributed by atoms with van der Waals surface area (Å²) in [4.78, 5) is 36.4. The van der Waals surface area contributed by atoms with Crippen LogP contribution in [0.1, 0.15) is 19.6 Å². The summed E-state index contributed by atoms with van der Waals surface area (Å²) in [7, 11) is 0. The predicted octanol–water partition coefficient (Wildman–Crippen LogP) is -0.375. The topological polar surface area (TPSA) is 102 Å². The second-order valence-electron chi connectivity index (χ2n) is 4.98. The van der Waals surface area contributed by atoms with Gasteiger partial charge in [0.1, 0.15) is 17.8 Å². The fourth-order valence-corrected chi connectivity index (χ4v) is 1.81. The molecule has 1 N–H and O–H groups in total. The van der Waals surface area contributed by atoms with Crippen LogP contribution in [0.25, 0.3) is 0 Å². The molecule has 8 nitrogen and oxygen atoms in total. The Bertz CT molecular complexity index is 563. The SMILES string of the molecule is Cc1cc(OCC(=O)N2CC(=O)NC(=O)C2(C)C)no1. The highest BCUT2D eigenvalue weighted by atomic mass is 16.5. The Morgan fingerprint density at radius 2 is 2.25 bits per heavy atom. The van der Waals surface area contributed by atoms with E-state index in [9.17, 15) is 14.4 Å². The molecule has 0 spiro atoms. The Kier molecular flexibility index (Phi) is 3.47. The largest absolute Gasteiger partial charge is 0.465 e. The molecule has 1 aliphatic heterocycles. The molecule has 0 unspecified atom stereocenters. The van der Waals surface area contributed by atoms with E-state index < -0.39 is 23.3 Å². The lowest BCUT2D eigenvalue weighted by Gasteiger charge is -2.39. The number of nitrogens with one attached hydrogen (secondary N) is 1. The van der Waals surface area contributed by atoms with E-state index in [1.165, 1.54) is 11.0 Å². The quantitative estimate of drug-likeness (QED) is 0.758. The standard InChI is InChI=1S/C12H15N3O5/c1-7-4-9(14-20-7)19-6-10(17)15-5-8(16)13-11(18)12(15,2)3/h4H,5-6H2,1-3H3,(H,13,16,18). The molecule has 1 fully saturated rings. The van der Waals surface area contributed by atoms with Crippen LogP contribution >= 0.6 is 0 Å². The number of ether oxygens (including phenoxy) is 1. The number of hydrogen-bond donors (Lipinski definition) is 1. The zero-order valence-corrected chi connectivity index (χ0v) is 11.4. The van der Waals surface area contributed by atoms with Gasteiger partial charge in [0.2, 0.25) is 5.91 Å². The molecule has 0 aliphatic carbocycles. The smallest absolute Gasteiger partial charge is 0.261 e. The van der Waals surface area contributed by atoms with Crippen LogP contribution in [0.2, 0.25) is 0 Å². The summed E-state index contributed by atoms with van der Waals surface area (Å²) in [5, 5.41) is 5.78. The Morgan fingerprint density at radius 1 is 1.55 bits per heavy atom. The van der Waals surface area contributed by atoms with Crippen LogP contribution in [0, 0.1) is 6.92 Å². The zero-order chi connectivity index (χ0) is 14.9. The normalized spacial score (nSPS) is 17.9. The molecular weight excluding hydrogens is 266 g/mol. The molecule has 3 amide bonds. The Labute approximate surface area is 115 Å². The minimum atomic E-state index is -1.10. The molecule has 0 atom stereocenters. The van der Waals surface area contributed by atoms with Crippen molar-refractivity contribution in [3.63, 3.8) is 0 Å². The molecule has 0 aromatic carbocycles. The van der Waals surface area contributed by atoms with Crippen LogP contribution < -0.4 is 10.1 Å². The van der Waals surface area contributed by atoms with Gasteiger partial charge in [-0.3, -0.25) is 19.7 Å². The van der Waals surface area contributed by atoms with E-state index in [0.29, 0.717) is 5.76 Å². The van der Waals surface area contributed by atoms with E-state index >= 15 is 0 Å². The van der Waals surface area contributed by atoms with Gasteiger partial charge >= 0.3 is 0 Å². The number of carbonyl (C=O) groups excluding carboxylic acids is 3. The Balaban J connectivity index is 2.03. The summed E-state index contributed by atoms with van der Waals surface area (Å²) in [6.07, 6.45) is 0. The number of nitrogens with zero attached hydrogens (tertiary/aromatic N) is 2. The fourth-order valence-electron chi connectivity index (χ4n) is 1.81. The van der Waals surface area contributed by atoms with E-state index in [2.05, 4.69) is 10.5 Å². The van der Waals surface area contributed by atoms with Gasteiger partial charge < -0.3 is 14.2 Å².